The lowest BCUT2D eigenvalue weighted by Crippen LogP contribution is -2.37. The first-order valence-electron chi connectivity index (χ1n) is 7.07. The van der Waals surface area contributed by atoms with Gasteiger partial charge in [0.05, 0.1) is 11.0 Å². The van der Waals surface area contributed by atoms with Crippen molar-refractivity contribution in [1.29, 1.82) is 0 Å². The number of benzene rings is 1. The topological polar surface area (TPSA) is 35.2 Å². The van der Waals surface area contributed by atoms with Crippen LogP contribution in [0.15, 0.2) is 24.3 Å². The van der Waals surface area contributed by atoms with Crippen molar-refractivity contribution in [2.24, 2.45) is 0 Å². The number of hydrogen-bond donors (Lipinski definition) is 1. The Kier molecular flexibility index (Phi) is 3.19. The van der Waals surface area contributed by atoms with Gasteiger partial charge < -0.3 is 9.88 Å². The van der Waals surface area contributed by atoms with E-state index < -0.39 is 0 Å². The summed E-state index contributed by atoms with van der Waals surface area (Å²) in [5.74, 6) is 0.983. The molecular formula is C15H22N4. The van der Waals surface area contributed by atoms with Crippen molar-refractivity contribution >= 4 is 17.0 Å². The number of nitrogens with zero attached hydrogens (tertiary/aromatic N) is 3. The van der Waals surface area contributed by atoms with Crippen LogP contribution in [-0.2, 0) is 0 Å². The molecule has 0 aliphatic carbocycles. The fourth-order valence-electron chi connectivity index (χ4n) is 2.83. The molecule has 1 saturated heterocycles. The Morgan fingerprint density at radius 2 is 2.16 bits per heavy atom. The summed E-state index contributed by atoms with van der Waals surface area (Å²) in [5, 5.41) is 0. The van der Waals surface area contributed by atoms with Gasteiger partial charge in [-0.2, -0.15) is 0 Å². The molecular weight excluding hydrogens is 236 g/mol. The van der Waals surface area contributed by atoms with Crippen LogP contribution in [0, 0.1) is 0 Å². The summed E-state index contributed by atoms with van der Waals surface area (Å²) in [5.41, 5.74) is 2.16. The first kappa shape index (κ1) is 12.5. The van der Waals surface area contributed by atoms with Crippen molar-refractivity contribution in [1.82, 2.24) is 14.9 Å². The zero-order valence-electron chi connectivity index (χ0n) is 11.9. The van der Waals surface area contributed by atoms with Gasteiger partial charge in [-0.3, -0.25) is 4.90 Å². The molecule has 1 N–H and O–H groups in total. The Balaban J connectivity index is 1.78. The van der Waals surface area contributed by atoms with Crippen molar-refractivity contribution < 1.29 is 0 Å². The molecule has 4 nitrogen and oxygen atoms in total. The number of aromatic nitrogens is 2. The van der Waals surface area contributed by atoms with Crippen LogP contribution in [0.3, 0.4) is 0 Å². The zero-order chi connectivity index (χ0) is 13.4. The Bertz CT molecular complexity index is 527. The van der Waals surface area contributed by atoms with Crippen LogP contribution in [0.4, 0.5) is 5.95 Å². The van der Waals surface area contributed by atoms with Crippen molar-refractivity contribution in [3.63, 3.8) is 0 Å². The van der Waals surface area contributed by atoms with Gasteiger partial charge in [0.15, 0.2) is 0 Å². The number of para-hydroxylation sites is 2. The van der Waals surface area contributed by atoms with E-state index in [-0.39, 0.29) is 0 Å². The van der Waals surface area contributed by atoms with Crippen molar-refractivity contribution in [2.75, 3.05) is 25.0 Å². The number of aromatic amines is 1. The molecule has 1 aliphatic heterocycles. The number of hydrogen-bond acceptors (Lipinski definition) is 3. The second kappa shape index (κ2) is 4.85. The zero-order valence-corrected chi connectivity index (χ0v) is 11.9. The van der Waals surface area contributed by atoms with Gasteiger partial charge in [-0.25, -0.2) is 4.98 Å². The third kappa shape index (κ3) is 2.32. The molecule has 1 fully saturated rings. The molecule has 0 saturated carbocycles. The average Bonchev–Trinajstić information content (AvgIpc) is 3.04. The summed E-state index contributed by atoms with van der Waals surface area (Å²) >= 11 is 0. The van der Waals surface area contributed by atoms with E-state index in [9.17, 15) is 0 Å². The summed E-state index contributed by atoms with van der Waals surface area (Å²) < 4.78 is 0. The molecule has 19 heavy (non-hydrogen) atoms. The Morgan fingerprint density at radius 3 is 2.84 bits per heavy atom. The Hall–Kier alpha value is -1.55. The number of likely N-dealkylation sites (N-methyl/N-ethyl adjacent to an activating group) is 1. The van der Waals surface area contributed by atoms with Gasteiger partial charge in [-0.1, -0.05) is 12.1 Å². The third-order valence-electron chi connectivity index (χ3n) is 4.18. The summed E-state index contributed by atoms with van der Waals surface area (Å²) in [7, 11) is 2.15. The van der Waals surface area contributed by atoms with Gasteiger partial charge in [0.2, 0.25) is 5.95 Å². The molecule has 1 aromatic carbocycles. The van der Waals surface area contributed by atoms with Crippen LogP contribution >= 0.6 is 0 Å². The molecule has 1 unspecified atom stereocenters. The quantitative estimate of drug-likeness (QED) is 0.918. The lowest BCUT2D eigenvalue weighted by atomic mass is 10.2. The minimum atomic E-state index is 0.558. The van der Waals surface area contributed by atoms with Crippen LogP contribution in [0.5, 0.6) is 0 Å². The molecule has 1 aliphatic rings. The molecule has 102 valence electrons. The van der Waals surface area contributed by atoms with E-state index in [4.69, 9.17) is 0 Å². The largest absolute Gasteiger partial charge is 0.341 e. The van der Waals surface area contributed by atoms with E-state index in [0.29, 0.717) is 12.1 Å². The number of fused-ring (bicyclic) bond motifs is 1. The van der Waals surface area contributed by atoms with Crippen LogP contribution in [0.1, 0.15) is 20.3 Å². The number of anilines is 1. The normalized spacial score (nSPS) is 20.5. The maximum Gasteiger partial charge on any atom is 0.203 e. The van der Waals surface area contributed by atoms with Crippen molar-refractivity contribution in [3.8, 4) is 0 Å². The minimum Gasteiger partial charge on any atom is -0.341 e. The first-order chi connectivity index (χ1) is 9.15. The van der Waals surface area contributed by atoms with Gasteiger partial charge in [-0.05, 0) is 32.4 Å². The molecule has 0 amide bonds. The van der Waals surface area contributed by atoms with E-state index in [0.717, 1.165) is 23.5 Å². The predicted molar refractivity (Wildman–Crippen MR) is 79.6 cm³/mol. The van der Waals surface area contributed by atoms with E-state index in [2.05, 4.69) is 52.8 Å². The molecule has 2 aromatic rings. The van der Waals surface area contributed by atoms with Crippen LogP contribution < -0.4 is 4.90 Å². The van der Waals surface area contributed by atoms with Gasteiger partial charge in [0.25, 0.3) is 0 Å². The SMILES string of the molecule is CC(C)N1CCC(N(C)c2nc3ccccc3[nH]2)C1. The molecule has 0 radical (unpaired) electrons. The molecule has 0 bridgehead atoms. The average molecular weight is 258 g/mol. The van der Waals surface area contributed by atoms with Crippen LogP contribution in [-0.4, -0.2) is 47.1 Å². The van der Waals surface area contributed by atoms with Crippen molar-refractivity contribution in [3.05, 3.63) is 24.3 Å². The smallest absolute Gasteiger partial charge is 0.203 e. The second-order valence-electron chi connectivity index (χ2n) is 5.72. The van der Waals surface area contributed by atoms with Crippen LogP contribution in [0.25, 0.3) is 11.0 Å². The third-order valence-corrected chi connectivity index (χ3v) is 4.18. The number of nitrogens with one attached hydrogen (secondary N) is 1. The molecule has 2 heterocycles. The van der Waals surface area contributed by atoms with E-state index >= 15 is 0 Å². The van der Waals surface area contributed by atoms with Crippen LogP contribution in [0.2, 0.25) is 0 Å². The number of imidazole rings is 1. The highest BCUT2D eigenvalue weighted by atomic mass is 15.3. The fourth-order valence-corrected chi connectivity index (χ4v) is 2.83. The van der Waals surface area contributed by atoms with E-state index in [1.807, 2.05) is 12.1 Å². The fraction of sp³-hybridized carbons (Fsp3) is 0.533. The number of rotatable bonds is 3. The Morgan fingerprint density at radius 1 is 1.37 bits per heavy atom. The Labute approximate surface area is 114 Å². The predicted octanol–water partition coefficient (Wildman–Crippen LogP) is 2.48. The van der Waals surface area contributed by atoms with E-state index in [1.165, 1.54) is 13.0 Å². The summed E-state index contributed by atoms with van der Waals surface area (Å²) in [4.78, 5) is 12.9. The molecule has 1 aromatic heterocycles. The van der Waals surface area contributed by atoms with Gasteiger partial charge >= 0.3 is 0 Å². The highest BCUT2D eigenvalue weighted by Gasteiger charge is 2.28. The minimum absolute atomic E-state index is 0.558. The second-order valence-corrected chi connectivity index (χ2v) is 5.72. The number of likely N-dealkylation sites (tertiary alicyclic amines) is 1. The highest BCUT2D eigenvalue weighted by molar-refractivity contribution is 5.77. The monoisotopic (exact) mass is 258 g/mol. The van der Waals surface area contributed by atoms with Gasteiger partial charge in [0.1, 0.15) is 0 Å². The number of H-pyrrole nitrogens is 1. The maximum atomic E-state index is 4.68. The first-order valence-corrected chi connectivity index (χ1v) is 7.07. The molecule has 0 spiro atoms. The van der Waals surface area contributed by atoms with E-state index in [1.54, 1.807) is 0 Å². The van der Waals surface area contributed by atoms with Crippen molar-refractivity contribution in [2.45, 2.75) is 32.4 Å². The summed E-state index contributed by atoms with van der Waals surface area (Å²) in [6.07, 6.45) is 1.21. The maximum absolute atomic E-state index is 4.68. The summed E-state index contributed by atoms with van der Waals surface area (Å²) in [6.45, 7) is 6.85. The molecule has 4 heteroatoms. The highest BCUT2D eigenvalue weighted by Crippen LogP contribution is 2.22. The lowest BCUT2D eigenvalue weighted by molar-refractivity contribution is 0.272. The lowest BCUT2D eigenvalue weighted by Gasteiger charge is -2.25. The molecule has 3 rings (SSSR count). The molecule has 1 atom stereocenters. The standard InChI is InChI=1S/C15H22N4/c1-11(2)19-9-8-12(10-19)18(3)15-16-13-6-4-5-7-14(13)17-15/h4-7,11-12H,8-10H2,1-3H3,(H,16,17). The van der Waals surface area contributed by atoms with Gasteiger partial charge in [-0.15, -0.1) is 0 Å². The summed E-state index contributed by atoms with van der Waals surface area (Å²) in [6, 6.07) is 9.40. The van der Waals surface area contributed by atoms with Gasteiger partial charge in [0, 0.05) is 32.2 Å².